The number of esters is 1. The van der Waals surface area contributed by atoms with E-state index in [4.69, 9.17) is 13.6 Å². The van der Waals surface area contributed by atoms with Crippen molar-refractivity contribution in [3.8, 4) is 0 Å². The van der Waals surface area contributed by atoms with E-state index in [0.717, 1.165) is 18.8 Å². The Morgan fingerprint density at radius 3 is 2.19 bits per heavy atom. The van der Waals surface area contributed by atoms with Crippen LogP contribution in [0, 0.1) is 5.92 Å². The second-order valence-corrected chi connectivity index (χ2v) is 10.2. The number of hydrogen-bond donors (Lipinski definition) is 4. The molecule has 0 fully saturated rings. The number of nitrogens with zero attached hydrogens (tertiary/aromatic N) is 2. The quantitative estimate of drug-likeness (QED) is 0.153. The van der Waals surface area contributed by atoms with Crippen molar-refractivity contribution < 1.29 is 38.8 Å². The van der Waals surface area contributed by atoms with Gasteiger partial charge >= 0.3 is 5.97 Å². The molecule has 2 heterocycles. The maximum Gasteiger partial charge on any atom is 0.307 e. The number of aliphatic hydroxyl groups excluding tert-OH is 4. The van der Waals surface area contributed by atoms with Crippen molar-refractivity contribution in [3.63, 3.8) is 0 Å². The first-order chi connectivity index (χ1) is 17.7. The molecule has 0 aromatic carbocycles. The van der Waals surface area contributed by atoms with Crippen molar-refractivity contribution in [2.45, 2.75) is 122 Å². The smallest absolute Gasteiger partial charge is 0.307 e. The van der Waals surface area contributed by atoms with Gasteiger partial charge in [-0.3, -0.25) is 4.79 Å². The highest BCUT2D eigenvalue weighted by Gasteiger charge is 2.30. The lowest BCUT2D eigenvalue weighted by Crippen LogP contribution is -2.36. The molecule has 4 N–H and O–H groups in total. The minimum absolute atomic E-state index is 0.0119. The van der Waals surface area contributed by atoms with Crippen molar-refractivity contribution in [2.75, 3.05) is 0 Å². The lowest BCUT2D eigenvalue weighted by Gasteiger charge is -2.21. The second-order valence-electron chi connectivity index (χ2n) is 10.2. The Hall–Kier alpha value is -2.27. The number of hydrogen-bond acceptors (Lipinski definition) is 10. The van der Waals surface area contributed by atoms with Gasteiger partial charge in [0.1, 0.15) is 24.2 Å². The SMILES string of the molecule is CC(C)CCCCCCCCCCC(=O)O[C@@H](c1cnco1)c1nc([C@@H](O)C[C@@H](O)[C@@H](O)[C@@H](C)O)co1. The van der Waals surface area contributed by atoms with Crippen LogP contribution in [0.4, 0.5) is 0 Å². The topological polar surface area (TPSA) is 159 Å². The van der Waals surface area contributed by atoms with E-state index in [1.54, 1.807) is 0 Å². The molecule has 210 valence electrons. The van der Waals surface area contributed by atoms with Gasteiger partial charge in [-0.05, 0) is 19.3 Å². The molecule has 0 saturated heterocycles. The van der Waals surface area contributed by atoms with Gasteiger partial charge in [-0.15, -0.1) is 0 Å². The molecule has 2 rings (SSSR count). The van der Waals surface area contributed by atoms with Crippen LogP contribution in [0.5, 0.6) is 0 Å². The van der Waals surface area contributed by atoms with Crippen LogP contribution in [0.25, 0.3) is 0 Å². The lowest BCUT2D eigenvalue weighted by molar-refractivity contribution is -0.149. The lowest BCUT2D eigenvalue weighted by atomic mass is 10.0. The second kappa shape index (κ2) is 16.5. The standard InChI is InChI=1S/C27H44N2O8/c1-18(2)12-10-8-6-4-5-7-9-11-13-24(33)37-26(23-15-28-17-36-23)27-29-20(16-35-27)21(31)14-22(32)25(34)19(3)30/h15-19,21-22,25-26,30-32,34H,4-14H2,1-3H3/t19-,21+,22-,25+,26+/m1/s1. The zero-order chi connectivity index (χ0) is 27.2. The van der Waals surface area contributed by atoms with Gasteiger partial charge in [-0.25, -0.2) is 9.97 Å². The largest absolute Gasteiger partial charge is 0.445 e. The molecular weight excluding hydrogens is 480 g/mol. The Labute approximate surface area is 219 Å². The molecular formula is C27H44N2O8. The maximum absolute atomic E-state index is 12.5. The molecule has 10 heteroatoms. The van der Waals surface area contributed by atoms with Crippen molar-refractivity contribution in [3.05, 3.63) is 36.2 Å². The molecule has 0 radical (unpaired) electrons. The van der Waals surface area contributed by atoms with Crippen LogP contribution in [0.15, 0.2) is 27.7 Å². The van der Waals surface area contributed by atoms with Gasteiger partial charge in [0.2, 0.25) is 12.0 Å². The third kappa shape index (κ3) is 11.3. The molecule has 37 heavy (non-hydrogen) atoms. The van der Waals surface area contributed by atoms with E-state index < -0.39 is 36.5 Å². The monoisotopic (exact) mass is 524 g/mol. The molecule has 0 aliphatic heterocycles. The summed E-state index contributed by atoms with van der Waals surface area (Å²) in [6, 6.07) is 0. The summed E-state index contributed by atoms with van der Waals surface area (Å²) < 4.78 is 16.3. The third-order valence-electron chi connectivity index (χ3n) is 6.33. The van der Waals surface area contributed by atoms with Crippen molar-refractivity contribution in [2.24, 2.45) is 5.92 Å². The van der Waals surface area contributed by atoms with Gasteiger partial charge in [-0.1, -0.05) is 65.2 Å². The van der Waals surface area contributed by atoms with Gasteiger partial charge in [0, 0.05) is 12.8 Å². The van der Waals surface area contributed by atoms with E-state index >= 15 is 0 Å². The highest BCUT2D eigenvalue weighted by atomic mass is 16.6. The summed E-state index contributed by atoms with van der Waals surface area (Å²) in [6.07, 6.45) is 7.74. The van der Waals surface area contributed by atoms with E-state index in [-0.39, 0.29) is 30.2 Å². The summed E-state index contributed by atoms with van der Waals surface area (Å²) in [5, 5.41) is 39.5. The Balaban J connectivity index is 1.80. The summed E-state index contributed by atoms with van der Waals surface area (Å²) >= 11 is 0. The summed E-state index contributed by atoms with van der Waals surface area (Å²) in [5.74, 6) is 0.558. The number of unbranched alkanes of at least 4 members (excludes halogenated alkanes) is 7. The third-order valence-corrected chi connectivity index (χ3v) is 6.33. The Morgan fingerprint density at radius 2 is 1.59 bits per heavy atom. The Morgan fingerprint density at radius 1 is 0.946 bits per heavy atom. The molecule has 0 amide bonds. The van der Waals surface area contributed by atoms with Gasteiger partial charge in [0.15, 0.2) is 12.2 Å². The highest BCUT2D eigenvalue weighted by molar-refractivity contribution is 5.69. The van der Waals surface area contributed by atoms with Crippen LogP contribution < -0.4 is 0 Å². The summed E-state index contributed by atoms with van der Waals surface area (Å²) in [7, 11) is 0. The van der Waals surface area contributed by atoms with E-state index in [1.165, 1.54) is 64.3 Å². The molecule has 0 spiro atoms. The van der Waals surface area contributed by atoms with Gasteiger partial charge < -0.3 is 34.0 Å². The van der Waals surface area contributed by atoms with Crippen LogP contribution >= 0.6 is 0 Å². The zero-order valence-electron chi connectivity index (χ0n) is 22.3. The van der Waals surface area contributed by atoms with Gasteiger partial charge in [0.25, 0.3) is 0 Å². The van der Waals surface area contributed by atoms with E-state index in [9.17, 15) is 25.2 Å². The van der Waals surface area contributed by atoms with Crippen LogP contribution in [0.3, 0.4) is 0 Å². The van der Waals surface area contributed by atoms with Crippen LogP contribution in [0.1, 0.15) is 121 Å². The molecule has 10 nitrogen and oxygen atoms in total. The molecule has 0 bridgehead atoms. The zero-order valence-corrected chi connectivity index (χ0v) is 22.3. The fourth-order valence-electron chi connectivity index (χ4n) is 4.04. The first-order valence-corrected chi connectivity index (χ1v) is 13.4. The fraction of sp³-hybridized carbons (Fsp3) is 0.741. The predicted octanol–water partition coefficient (Wildman–Crippen LogP) is 4.38. The number of ether oxygens (including phenoxy) is 1. The Bertz CT molecular complexity index is 868. The van der Waals surface area contributed by atoms with Crippen LogP contribution in [-0.2, 0) is 9.53 Å². The van der Waals surface area contributed by atoms with Crippen molar-refractivity contribution in [1.29, 1.82) is 0 Å². The fourth-order valence-corrected chi connectivity index (χ4v) is 4.04. The molecule has 0 aliphatic rings. The minimum Gasteiger partial charge on any atom is -0.445 e. The van der Waals surface area contributed by atoms with Crippen molar-refractivity contribution in [1.82, 2.24) is 9.97 Å². The van der Waals surface area contributed by atoms with Crippen LogP contribution in [-0.4, -0.2) is 54.7 Å². The number of oxazole rings is 2. The van der Waals surface area contributed by atoms with E-state index in [1.807, 2.05) is 0 Å². The summed E-state index contributed by atoms with van der Waals surface area (Å²) in [5.41, 5.74) is 0.0802. The number of rotatable bonds is 19. The minimum atomic E-state index is -1.42. The average Bonchev–Trinajstić information content (AvgIpc) is 3.55. The first kappa shape index (κ1) is 31.0. The molecule has 2 aromatic rings. The first-order valence-electron chi connectivity index (χ1n) is 13.4. The summed E-state index contributed by atoms with van der Waals surface area (Å²) in [4.78, 5) is 20.6. The van der Waals surface area contributed by atoms with Gasteiger partial charge in [-0.2, -0.15) is 0 Å². The highest BCUT2D eigenvalue weighted by Crippen LogP contribution is 2.29. The molecule has 5 atom stereocenters. The molecule has 0 saturated carbocycles. The number of aliphatic hydroxyl groups is 4. The van der Waals surface area contributed by atoms with Gasteiger partial charge in [0.05, 0.1) is 18.4 Å². The van der Waals surface area contributed by atoms with E-state index in [0.29, 0.717) is 6.42 Å². The average molecular weight is 525 g/mol. The molecule has 2 aromatic heterocycles. The molecule has 0 aliphatic carbocycles. The van der Waals surface area contributed by atoms with Crippen molar-refractivity contribution >= 4 is 5.97 Å². The summed E-state index contributed by atoms with van der Waals surface area (Å²) in [6.45, 7) is 5.85. The van der Waals surface area contributed by atoms with Crippen LogP contribution in [0.2, 0.25) is 0 Å². The maximum atomic E-state index is 12.5. The van der Waals surface area contributed by atoms with E-state index in [2.05, 4.69) is 23.8 Å². The predicted molar refractivity (Wildman–Crippen MR) is 135 cm³/mol. The number of aromatic nitrogens is 2. The molecule has 0 unspecified atom stereocenters. The normalized spacial score (nSPS) is 15.9. The number of carbonyl (C=O) groups is 1. The number of carbonyl (C=O) groups excluding carboxylic acids is 1. The Kier molecular flexibility index (Phi) is 13.8.